The quantitative estimate of drug-likeness (QED) is 0.280. The Labute approximate surface area is 216 Å². The number of phosphoric acid groups is 1. The van der Waals surface area contributed by atoms with Crippen LogP contribution in [-0.2, 0) is 42.0 Å². The summed E-state index contributed by atoms with van der Waals surface area (Å²) in [5, 5.41) is 0. The van der Waals surface area contributed by atoms with Gasteiger partial charge < -0.3 is 9.78 Å². The average Bonchev–Trinajstić information content (AvgIpc) is 2.66. The van der Waals surface area contributed by atoms with Crippen LogP contribution in [0.15, 0.2) is 24.3 Å². The summed E-state index contributed by atoms with van der Waals surface area (Å²) >= 11 is 0. The SMILES string of the molecule is CC(C)(C)c1ccc2c(C(C)(C)C)c1Cc1c(C(C)(C)C)ccc(c1C(C)(C)C)OOP(=O)(O)OO2. The molecule has 0 radical (unpaired) electrons. The molecular weight excluding hydrogens is 475 g/mol. The summed E-state index contributed by atoms with van der Waals surface area (Å²) in [6, 6.07) is 7.68. The van der Waals surface area contributed by atoms with Gasteiger partial charge >= 0.3 is 7.82 Å². The second kappa shape index (κ2) is 9.16. The van der Waals surface area contributed by atoms with Gasteiger partial charge in [-0.15, -0.1) is 0 Å². The number of hydrogen-bond acceptors (Lipinski definition) is 5. The molecule has 0 saturated heterocycles. The monoisotopic (exact) mass is 518 g/mol. The Morgan fingerprint density at radius 1 is 0.611 bits per heavy atom. The zero-order valence-electron chi connectivity index (χ0n) is 24.0. The molecule has 2 aromatic rings. The van der Waals surface area contributed by atoms with E-state index < -0.39 is 7.82 Å². The fraction of sp³-hybridized carbons (Fsp3) is 0.586. The lowest BCUT2D eigenvalue weighted by Gasteiger charge is -2.35. The van der Waals surface area contributed by atoms with Crippen molar-refractivity contribution in [1.29, 1.82) is 0 Å². The number of rotatable bonds is 0. The second-order valence-corrected chi connectivity index (χ2v) is 15.1. The van der Waals surface area contributed by atoms with E-state index in [1.54, 1.807) is 0 Å². The summed E-state index contributed by atoms with van der Waals surface area (Å²) in [5.74, 6) is 0.768. The van der Waals surface area contributed by atoms with E-state index in [4.69, 9.17) is 19.1 Å². The van der Waals surface area contributed by atoms with Gasteiger partial charge in [-0.3, -0.25) is 4.89 Å². The first-order valence-corrected chi connectivity index (χ1v) is 14.0. The van der Waals surface area contributed by atoms with E-state index in [-0.39, 0.29) is 21.7 Å². The highest BCUT2D eigenvalue weighted by Crippen LogP contribution is 2.50. The van der Waals surface area contributed by atoms with E-state index in [1.807, 2.05) is 24.3 Å². The Morgan fingerprint density at radius 3 is 1.22 bits per heavy atom. The fourth-order valence-corrected chi connectivity index (χ4v) is 5.55. The second-order valence-electron chi connectivity index (χ2n) is 13.9. The van der Waals surface area contributed by atoms with E-state index in [1.165, 1.54) is 11.1 Å². The van der Waals surface area contributed by atoms with Gasteiger partial charge in [0.15, 0.2) is 11.5 Å². The fourth-order valence-electron chi connectivity index (χ4n) is 5.17. The maximum absolute atomic E-state index is 12.7. The Bertz CT molecular complexity index is 1100. The summed E-state index contributed by atoms with van der Waals surface area (Å²) in [5.41, 5.74) is 5.48. The van der Waals surface area contributed by atoms with Crippen molar-refractivity contribution in [1.82, 2.24) is 0 Å². The third kappa shape index (κ3) is 5.99. The first-order chi connectivity index (χ1) is 16.1. The topological polar surface area (TPSA) is 74.2 Å². The van der Waals surface area contributed by atoms with Crippen LogP contribution in [0.5, 0.6) is 11.5 Å². The Balaban J connectivity index is 2.56. The lowest BCUT2D eigenvalue weighted by atomic mass is 9.70. The third-order valence-corrected chi connectivity index (χ3v) is 6.99. The van der Waals surface area contributed by atoms with Crippen molar-refractivity contribution in [3.05, 3.63) is 57.6 Å². The Morgan fingerprint density at radius 2 is 0.944 bits per heavy atom. The van der Waals surface area contributed by atoms with Crippen molar-refractivity contribution >= 4 is 7.82 Å². The van der Waals surface area contributed by atoms with Gasteiger partial charge in [0.05, 0.1) is 0 Å². The normalized spacial score (nSPS) is 16.9. The lowest BCUT2D eigenvalue weighted by Crippen LogP contribution is -2.26. The molecule has 3 rings (SSSR count). The summed E-state index contributed by atoms with van der Waals surface area (Å²) in [6.45, 7) is 25.9. The van der Waals surface area contributed by atoms with Crippen LogP contribution in [0, 0.1) is 0 Å². The first-order valence-electron chi connectivity index (χ1n) is 12.5. The molecule has 0 saturated carbocycles. The Hall–Kier alpha value is -1.85. The molecule has 0 unspecified atom stereocenters. The van der Waals surface area contributed by atoms with Crippen LogP contribution in [0.2, 0.25) is 0 Å². The number of hydrogen-bond donors (Lipinski definition) is 1. The summed E-state index contributed by atoms with van der Waals surface area (Å²) < 4.78 is 22.6. The number of benzene rings is 2. The van der Waals surface area contributed by atoms with Crippen molar-refractivity contribution < 1.29 is 28.6 Å². The zero-order valence-corrected chi connectivity index (χ0v) is 24.8. The van der Waals surface area contributed by atoms with Crippen LogP contribution < -0.4 is 9.78 Å². The van der Waals surface area contributed by atoms with Gasteiger partial charge in [0.1, 0.15) is 0 Å². The van der Waals surface area contributed by atoms with Crippen LogP contribution >= 0.6 is 7.82 Å². The van der Waals surface area contributed by atoms with Gasteiger partial charge in [0.25, 0.3) is 0 Å². The van der Waals surface area contributed by atoms with Crippen molar-refractivity contribution in [3.63, 3.8) is 0 Å². The molecule has 4 bridgehead atoms. The van der Waals surface area contributed by atoms with Crippen LogP contribution in [-0.4, -0.2) is 4.89 Å². The largest absolute Gasteiger partial charge is 0.544 e. The van der Waals surface area contributed by atoms with Gasteiger partial charge in [-0.25, -0.2) is 4.57 Å². The summed E-state index contributed by atoms with van der Waals surface area (Å²) in [7, 11) is -4.70. The van der Waals surface area contributed by atoms with E-state index >= 15 is 0 Å². The molecule has 0 fully saturated rings. The smallest absolute Gasteiger partial charge is 0.327 e. The number of fused-ring (bicyclic) bond motifs is 4. The molecule has 0 aromatic heterocycles. The van der Waals surface area contributed by atoms with Crippen molar-refractivity contribution in [2.24, 2.45) is 0 Å². The van der Waals surface area contributed by atoms with Gasteiger partial charge in [-0.2, -0.15) is 0 Å². The van der Waals surface area contributed by atoms with E-state index in [9.17, 15) is 9.46 Å². The molecule has 36 heavy (non-hydrogen) atoms. The summed E-state index contributed by atoms with van der Waals surface area (Å²) in [6.07, 6.45) is 0.629. The van der Waals surface area contributed by atoms with E-state index in [0.717, 1.165) is 22.3 Å². The zero-order chi connectivity index (χ0) is 27.5. The minimum absolute atomic E-state index is 0.154. The molecular formula is C29H43O6P. The molecule has 7 heteroatoms. The van der Waals surface area contributed by atoms with E-state index in [2.05, 4.69) is 83.1 Å². The molecule has 1 aliphatic rings. The molecule has 0 amide bonds. The molecule has 2 aromatic carbocycles. The van der Waals surface area contributed by atoms with Gasteiger partial charge in [0, 0.05) is 11.1 Å². The lowest BCUT2D eigenvalue weighted by molar-refractivity contribution is -0.189. The first kappa shape index (κ1) is 28.7. The van der Waals surface area contributed by atoms with Crippen LogP contribution in [0.3, 0.4) is 0 Å². The highest BCUT2D eigenvalue weighted by atomic mass is 31.2. The molecule has 200 valence electrons. The van der Waals surface area contributed by atoms with Gasteiger partial charge in [-0.1, -0.05) is 105 Å². The maximum Gasteiger partial charge on any atom is 0.544 e. The van der Waals surface area contributed by atoms with Gasteiger partial charge in [0.2, 0.25) is 0 Å². The van der Waals surface area contributed by atoms with Gasteiger partial charge in [-0.05, 0) is 62.5 Å². The van der Waals surface area contributed by atoms with Crippen LogP contribution in [0.4, 0.5) is 0 Å². The molecule has 0 atom stereocenters. The highest BCUT2D eigenvalue weighted by molar-refractivity contribution is 7.47. The van der Waals surface area contributed by atoms with Crippen molar-refractivity contribution in [2.75, 3.05) is 0 Å². The van der Waals surface area contributed by atoms with Crippen LogP contribution in [0.25, 0.3) is 0 Å². The molecule has 0 aliphatic carbocycles. The minimum atomic E-state index is -4.70. The van der Waals surface area contributed by atoms with E-state index in [0.29, 0.717) is 17.9 Å². The predicted molar refractivity (Wildman–Crippen MR) is 144 cm³/mol. The maximum atomic E-state index is 12.7. The minimum Gasteiger partial charge on any atom is -0.327 e. The highest BCUT2D eigenvalue weighted by Gasteiger charge is 2.37. The predicted octanol–water partition coefficient (Wildman–Crippen LogP) is 8.20. The molecule has 1 N–H and O–H groups in total. The van der Waals surface area contributed by atoms with Crippen molar-refractivity contribution in [2.45, 2.75) is 111 Å². The molecule has 1 heterocycles. The molecule has 0 spiro atoms. The van der Waals surface area contributed by atoms with Crippen LogP contribution in [0.1, 0.15) is 116 Å². The summed E-state index contributed by atoms with van der Waals surface area (Å²) in [4.78, 5) is 21.3. The average molecular weight is 519 g/mol. The Kier molecular flexibility index (Phi) is 7.31. The molecule has 1 aliphatic heterocycles. The molecule has 6 nitrogen and oxygen atoms in total. The standard InChI is InChI=1S/C29H43O6P/c1-26(2,3)20-13-15-22-24(28(7,8)9)18(20)17-19-21(27(4,5)6)14-16-23(25(19)29(10,11)12)33-35-36(30,31)34-32-22/h13-16H,17H2,1-12H3,(H,30,31). The van der Waals surface area contributed by atoms with Crippen molar-refractivity contribution in [3.8, 4) is 11.5 Å². The third-order valence-electron chi connectivity index (χ3n) is 6.46.